The van der Waals surface area contributed by atoms with Crippen LogP contribution in [-0.4, -0.2) is 38.9 Å². The Morgan fingerprint density at radius 3 is 2.82 bits per heavy atom. The summed E-state index contributed by atoms with van der Waals surface area (Å²) in [6.07, 6.45) is -0.564. The van der Waals surface area contributed by atoms with Crippen LogP contribution in [0.25, 0.3) is 0 Å². The highest BCUT2D eigenvalue weighted by atomic mass is 16.5. The summed E-state index contributed by atoms with van der Waals surface area (Å²) in [6, 6.07) is 0. The topological polar surface area (TPSA) is 113 Å². The molecule has 0 saturated heterocycles. The van der Waals surface area contributed by atoms with Crippen molar-refractivity contribution in [2.24, 2.45) is 0 Å². The minimum atomic E-state index is -1.30. The molecule has 17 heavy (non-hydrogen) atoms. The molecule has 2 atom stereocenters. The molecule has 7 heteroatoms. The molecule has 0 bridgehead atoms. The number of aromatic nitrogens is 2. The van der Waals surface area contributed by atoms with E-state index in [1.807, 2.05) is 0 Å². The lowest BCUT2D eigenvalue weighted by atomic mass is 10.1. The molecular weight excluding hydrogens is 228 g/mol. The first-order valence-corrected chi connectivity index (χ1v) is 5.11. The van der Waals surface area contributed by atoms with Gasteiger partial charge in [0.2, 0.25) is 0 Å². The molecule has 1 aromatic rings. The molecule has 0 aliphatic rings. The van der Waals surface area contributed by atoms with Crippen LogP contribution in [0.15, 0.2) is 17.2 Å². The van der Waals surface area contributed by atoms with Crippen molar-refractivity contribution in [1.82, 2.24) is 9.97 Å². The van der Waals surface area contributed by atoms with E-state index in [4.69, 9.17) is 0 Å². The van der Waals surface area contributed by atoms with Gasteiger partial charge in [-0.25, -0.2) is 9.78 Å². The second-order valence-corrected chi connectivity index (χ2v) is 3.37. The summed E-state index contributed by atoms with van der Waals surface area (Å²) in [7, 11) is 0. The number of carbonyl (C=O) groups excluding carboxylic acids is 1. The highest BCUT2D eigenvalue weighted by Gasteiger charge is 2.22. The smallest absolute Gasteiger partial charge is 0.344 e. The van der Waals surface area contributed by atoms with Gasteiger partial charge in [-0.1, -0.05) is 0 Å². The average molecular weight is 242 g/mol. The summed E-state index contributed by atoms with van der Waals surface area (Å²) in [5.41, 5.74) is -0.331. The monoisotopic (exact) mass is 242 g/mol. The van der Waals surface area contributed by atoms with Crippen molar-refractivity contribution in [3.8, 4) is 0 Å². The molecule has 0 aliphatic carbocycles. The molecule has 0 fully saturated rings. The maximum absolute atomic E-state index is 11.1. The van der Waals surface area contributed by atoms with Crippen molar-refractivity contribution in [3.05, 3.63) is 28.4 Å². The van der Waals surface area contributed by atoms with E-state index in [2.05, 4.69) is 14.7 Å². The van der Waals surface area contributed by atoms with Crippen LogP contribution < -0.4 is 5.69 Å². The van der Waals surface area contributed by atoms with E-state index in [9.17, 15) is 19.8 Å². The first kappa shape index (κ1) is 13.3. The third-order valence-corrected chi connectivity index (χ3v) is 2.08. The number of aromatic amines is 1. The lowest BCUT2D eigenvalue weighted by Gasteiger charge is -2.16. The fraction of sp³-hybridized carbons (Fsp3) is 0.500. The third-order valence-electron chi connectivity index (χ3n) is 2.08. The van der Waals surface area contributed by atoms with E-state index >= 15 is 0 Å². The molecule has 0 spiro atoms. The van der Waals surface area contributed by atoms with E-state index in [1.54, 1.807) is 6.92 Å². The van der Waals surface area contributed by atoms with Gasteiger partial charge < -0.3 is 19.9 Å². The lowest BCUT2D eigenvalue weighted by Crippen LogP contribution is -2.24. The van der Waals surface area contributed by atoms with Gasteiger partial charge in [0.15, 0.2) is 0 Å². The lowest BCUT2D eigenvalue weighted by molar-refractivity contribution is -0.147. The Balaban J connectivity index is 2.63. The maximum atomic E-state index is 11.1. The van der Waals surface area contributed by atoms with Crippen LogP contribution in [0.2, 0.25) is 0 Å². The molecule has 1 heterocycles. The zero-order valence-electron chi connectivity index (χ0n) is 9.29. The Morgan fingerprint density at radius 2 is 2.29 bits per heavy atom. The Bertz CT molecular complexity index is 410. The van der Waals surface area contributed by atoms with E-state index in [0.717, 1.165) is 6.20 Å². The standard InChI is InChI=1S/C10H14N2O5/c1-2-17-8(14)3-7(13)9(15)6-4-11-10(16)12-5-6/h4-5,7,9,13,15H,2-3H2,1H3,(H,11,12,16). The van der Waals surface area contributed by atoms with Crippen LogP contribution in [0.3, 0.4) is 0 Å². The number of ether oxygens (including phenoxy) is 1. The minimum absolute atomic E-state index is 0.210. The van der Waals surface area contributed by atoms with Gasteiger partial charge in [0.1, 0.15) is 6.10 Å². The zero-order chi connectivity index (χ0) is 12.8. The van der Waals surface area contributed by atoms with Gasteiger partial charge in [-0.05, 0) is 6.92 Å². The Hall–Kier alpha value is -1.73. The van der Waals surface area contributed by atoms with Crippen molar-refractivity contribution in [1.29, 1.82) is 0 Å². The van der Waals surface area contributed by atoms with Crippen LogP contribution in [0.5, 0.6) is 0 Å². The van der Waals surface area contributed by atoms with Gasteiger partial charge in [0.05, 0.1) is 19.1 Å². The molecule has 7 nitrogen and oxygen atoms in total. The molecule has 3 N–H and O–H groups in total. The molecule has 0 amide bonds. The highest BCUT2D eigenvalue weighted by Crippen LogP contribution is 2.16. The number of aliphatic hydroxyl groups is 2. The summed E-state index contributed by atoms with van der Waals surface area (Å²) >= 11 is 0. The number of nitrogens with one attached hydrogen (secondary N) is 1. The number of carbonyl (C=O) groups is 1. The van der Waals surface area contributed by atoms with Gasteiger partial charge in [-0.3, -0.25) is 4.79 Å². The number of hydrogen-bond donors (Lipinski definition) is 3. The van der Waals surface area contributed by atoms with Gasteiger partial charge >= 0.3 is 11.7 Å². The molecule has 0 aromatic carbocycles. The van der Waals surface area contributed by atoms with Crippen molar-refractivity contribution in [3.63, 3.8) is 0 Å². The SMILES string of the molecule is CCOC(=O)CC(O)C(O)c1cnc(=O)[nH]c1. The van der Waals surface area contributed by atoms with Gasteiger partial charge in [-0.2, -0.15) is 0 Å². The zero-order valence-corrected chi connectivity index (χ0v) is 9.29. The summed E-state index contributed by atoms with van der Waals surface area (Å²) in [5.74, 6) is -0.601. The summed E-state index contributed by atoms with van der Waals surface area (Å²) < 4.78 is 4.63. The fourth-order valence-corrected chi connectivity index (χ4v) is 1.24. The molecule has 0 radical (unpaired) electrons. The second kappa shape index (κ2) is 6.12. The quantitative estimate of drug-likeness (QED) is 0.578. The summed E-state index contributed by atoms with van der Waals surface area (Å²) in [6.45, 7) is 1.86. The van der Waals surface area contributed by atoms with E-state index in [1.165, 1.54) is 6.20 Å². The second-order valence-electron chi connectivity index (χ2n) is 3.37. The maximum Gasteiger partial charge on any atom is 0.344 e. The van der Waals surface area contributed by atoms with Crippen LogP contribution >= 0.6 is 0 Å². The minimum Gasteiger partial charge on any atom is -0.466 e. The average Bonchev–Trinajstić information content (AvgIpc) is 2.29. The first-order valence-electron chi connectivity index (χ1n) is 5.11. The van der Waals surface area contributed by atoms with Crippen molar-refractivity contribution < 1.29 is 19.7 Å². The first-order chi connectivity index (χ1) is 8.04. The fourth-order valence-electron chi connectivity index (χ4n) is 1.24. The number of rotatable bonds is 5. The molecule has 1 aromatic heterocycles. The molecule has 0 aliphatic heterocycles. The molecule has 0 saturated carbocycles. The van der Waals surface area contributed by atoms with Crippen LogP contribution in [-0.2, 0) is 9.53 Å². The highest BCUT2D eigenvalue weighted by molar-refractivity contribution is 5.70. The Morgan fingerprint density at radius 1 is 1.59 bits per heavy atom. The normalized spacial score (nSPS) is 14.1. The van der Waals surface area contributed by atoms with Crippen LogP contribution in [0, 0.1) is 0 Å². The number of aliphatic hydroxyl groups excluding tert-OH is 2. The predicted octanol–water partition coefficient (Wildman–Crippen LogP) is -0.883. The van der Waals surface area contributed by atoms with Crippen molar-refractivity contribution >= 4 is 5.97 Å². The Kier molecular flexibility index (Phi) is 4.80. The van der Waals surface area contributed by atoms with E-state index < -0.39 is 23.9 Å². The van der Waals surface area contributed by atoms with Crippen molar-refractivity contribution in [2.45, 2.75) is 25.6 Å². The molecular formula is C10H14N2O5. The Labute approximate surface area is 97.1 Å². The largest absolute Gasteiger partial charge is 0.466 e. The number of hydrogen-bond acceptors (Lipinski definition) is 6. The molecule has 2 unspecified atom stereocenters. The number of esters is 1. The van der Waals surface area contributed by atoms with Crippen LogP contribution in [0.4, 0.5) is 0 Å². The summed E-state index contributed by atoms with van der Waals surface area (Å²) in [4.78, 5) is 27.4. The van der Waals surface area contributed by atoms with Gasteiger partial charge in [0.25, 0.3) is 0 Å². The van der Waals surface area contributed by atoms with Gasteiger partial charge in [-0.15, -0.1) is 0 Å². The summed E-state index contributed by atoms with van der Waals surface area (Å²) in [5, 5.41) is 19.2. The van der Waals surface area contributed by atoms with Gasteiger partial charge in [0, 0.05) is 18.0 Å². The number of nitrogens with zero attached hydrogens (tertiary/aromatic N) is 1. The van der Waals surface area contributed by atoms with E-state index in [-0.39, 0.29) is 18.6 Å². The molecule has 1 rings (SSSR count). The van der Waals surface area contributed by atoms with E-state index in [0.29, 0.717) is 0 Å². The number of H-pyrrole nitrogens is 1. The third kappa shape index (κ3) is 3.97. The van der Waals surface area contributed by atoms with Crippen LogP contribution in [0.1, 0.15) is 25.0 Å². The predicted molar refractivity (Wildman–Crippen MR) is 57.1 cm³/mol. The van der Waals surface area contributed by atoms with Crippen molar-refractivity contribution in [2.75, 3.05) is 6.61 Å². The molecule has 94 valence electrons.